The van der Waals surface area contributed by atoms with Gasteiger partial charge in [0.15, 0.2) is 0 Å². The molecule has 0 bridgehead atoms. The van der Waals surface area contributed by atoms with Crippen molar-refractivity contribution in [2.75, 3.05) is 43.1 Å². The zero-order chi connectivity index (χ0) is 21.9. The predicted molar refractivity (Wildman–Crippen MR) is 125 cm³/mol. The van der Waals surface area contributed by atoms with Gasteiger partial charge in [0, 0.05) is 43.6 Å². The van der Waals surface area contributed by atoms with Gasteiger partial charge in [0.25, 0.3) is 5.89 Å². The van der Waals surface area contributed by atoms with Crippen LogP contribution < -0.4 is 14.5 Å². The molecule has 0 N–H and O–H groups in total. The molecule has 1 fully saturated rings. The third-order valence-corrected chi connectivity index (χ3v) is 5.74. The van der Waals surface area contributed by atoms with E-state index in [0.29, 0.717) is 11.7 Å². The van der Waals surface area contributed by atoms with E-state index < -0.39 is 0 Å². The minimum Gasteiger partial charge on any atom is -0.497 e. The van der Waals surface area contributed by atoms with E-state index in [1.54, 1.807) is 7.11 Å². The fourth-order valence-corrected chi connectivity index (χ4v) is 4.02. The summed E-state index contributed by atoms with van der Waals surface area (Å²) in [6.07, 6.45) is 1.81. The molecule has 32 heavy (non-hydrogen) atoms. The zero-order valence-corrected chi connectivity index (χ0v) is 18.2. The second-order valence-corrected chi connectivity index (χ2v) is 7.84. The summed E-state index contributed by atoms with van der Waals surface area (Å²) in [4.78, 5) is 14.0. The van der Waals surface area contributed by atoms with Gasteiger partial charge in [-0.3, -0.25) is 0 Å². The predicted octanol–water partition coefficient (Wildman–Crippen LogP) is 4.44. The van der Waals surface area contributed by atoms with E-state index in [1.165, 1.54) is 5.69 Å². The van der Waals surface area contributed by atoms with E-state index in [0.717, 1.165) is 54.4 Å². The fourth-order valence-electron chi connectivity index (χ4n) is 4.02. The molecule has 0 amide bonds. The molecule has 0 radical (unpaired) electrons. The highest BCUT2D eigenvalue weighted by molar-refractivity contribution is 5.71. The van der Waals surface area contributed by atoms with Crippen molar-refractivity contribution in [3.63, 3.8) is 0 Å². The molecule has 5 rings (SSSR count). The molecule has 0 aliphatic carbocycles. The Morgan fingerprint density at radius 2 is 1.69 bits per heavy atom. The average Bonchev–Trinajstić information content (AvgIpc) is 3.35. The number of piperazine rings is 1. The monoisotopic (exact) mass is 427 g/mol. The van der Waals surface area contributed by atoms with Crippen molar-refractivity contribution in [1.29, 1.82) is 0 Å². The molecule has 1 aliphatic heterocycles. The highest BCUT2D eigenvalue weighted by atomic mass is 16.5. The maximum absolute atomic E-state index is 5.64. The molecule has 7 nitrogen and oxygen atoms in total. The van der Waals surface area contributed by atoms with Gasteiger partial charge in [-0.15, -0.1) is 0 Å². The van der Waals surface area contributed by atoms with Crippen LogP contribution in [0.25, 0.3) is 22.8 Å². The van der Waals surface area contributed by atoms with Gasteiger partial charge in [-0.1, -0.05) is 28.9 Å². The number of ether oxygens (including phenoxy) is 1. The first-order valence-corrected chi connectivity index (χ1v) is 10.7. The first-order valence-electron chi connectivity index (χ1n) is 10.7. The summed E-state index contributed by atoms with van der Waals surface area (Å²) in [6, 6.07) is 20.2. The fraction of sp³-hybridized carbons (Fsp3) is 0.240. The van der Waals surface area contributed by atoms with Crippen molar-refractivity contribution < 1.29 is 9.26 Å². The van der Waals surface area contributed by atoms with Crippen LogP contribution in [0.2, 0.25) is 0 Å². The Kier molecular flexibility index (Phi) is 5.46. The van der Waals surface area contributed by atoms with Crippen LogP contribution in [0.5, 0.6) is 5.75 Å². The number of hydrogen-bond donors (Lipinski definition) is 0. The van der Waals surface area contributed by atoms with Crippen LogP contribution in [0.1, 0.15) is 5.56 Å². The normalized spacial score (nSPS) is 13.9. The number of aromatic nitrogens is 3. The summed E-state index contributed by atoms with van der Waals surface area (Å²) < 4.78 is 10.9. The van der Waals surface area contributed by atoms with E-state index in [4.69, 9.17) is 9.26 Å². The van der Waals surface area contributed by atoms with Crippen molar-refractivity contribution in [3.05, 3.63) is 72.4 Å². The van der Waals surface area contributed by atoms with Crippen molar-refractivity contribution in [3.8, 4) is 28.6 Å². The van der Waals surface area contributed by atoms with E-state index in [-0.39, 0.29) is 0 Å². The van der Waals surface area contributed by atoms with Gasteiger partial charge in [-0.2, -0.15) is 4.98 Å². The van der Waals surface area contributed by atoms with Gasteiger partial charge in [-0.25, -0.2) is 4.98 Å². The molecule has 0 saturated carbocycles. The number of rotatable bonds is 5. The number of pyridine rings is 1. The van der Waals surface area contributed by atoms with Crippen molar-refractivity contribution in [2.45, 2.75) is 6.92 Å². The quantitative estimate of drug-likeness (QED) is 0.466. The lowest BCUT2D eigenvalue weighted by Gasteiger charge is -2.37. The minimum absolute atomic E-state index is 0.488. The Morgan fingerprint density at radius 3 is 2.44 bits per heavy atom. The van der Waals surface area contributed by atoms with Crippen LogP contribution in [0.3, 0.4) is 0 Å². The number of benzene rings is 2. The van der Waals surface area contributed by atoms with Gasteiger partial charge in [0.1, 0.15) is 11.6 Å². The van der Waals surface area contributed by atoms with E-state index in [9.17, 15) is 0 Å². The average molecular weight is 428 g/mol. The van der Waals surface area contributed by atoms with Crippen LogP contribution in [0, 0.1) is 6.92 Å². The Hall–Kier alpha value is -3.87. The number of anilines is 2. The summed E-state index contributed by atoms with van der Waals surface area (Å²) in [5.74, 6) is 2.82. The van der Waals surface area contributed by atoms with E-state index in [1.807, 2.05) is 42.6 Å². The Morgan fingerprint density at radius 1 is 0.906 bits per heavy atom. The van der Waals surface area contributed by atoms with Crippen LogP contribution in [0.15, 0.2) is 71.4 Å². The Bertz CT molecular complexity index is 1200. The highest BCUT2D eigenvalue weighted by Crippen LogP contribution is 2.31. The van der Waals surface area contributed by atoms with Crippen LogP contribution in [-0.2, 0) is 0 Å². The smallest absolute Gasteiger partial charge is 0.261 e. The minimum atomic E-state index is 0.488. The summed E-state index contributed by atoms with van der Waals surface area (Å²) in [5.41, 5.74) is 4.16. The molecule has 1 saturated heterocycles. The topological polar surface area (TPSA) is 67.5 Å². The summed E-state index contributed by atoms with van der Waals surface area (Å²) in [6.45, 7) is 5.57. The largest absolute Gasteiger partial charge is 0.497 e. The van der Waals surface area contributed by atoms with E-state index >= 15 is 0 Å². The van der Waals surface area contributed by atoms with Crippen LogP contribution in [-0.4, -0.2) is 48.4 Å². The molecule has 1 aliphatic rings. The lowest BCUT2D eigenvalue weighted by Crippen LogP contribution is -2.47. The molecule has 0 atom stereocenters. The van der Waals surface area contributed by atoms with Crippen molar-refractivity contribution in [2.24, 2.45) is 0 Å². The molecule has 4 aromatic rings. The lowest BCUT2D eigenvalue weighted by atomic mass is 10.1. The maximum atomic E-state index is 5.64. The number of nitrogens with zero attached hydrogens (tertiary/aromatic N) is 5. The third-order valence-electron chi connectivity index (χ3n) is 5.74. The van der Waals surface area contributed by atoms with Gasteiger partial charge >= 0.3 is 0 Å². The SMILES string of the molecule is COc1ccc(N2CCN(c3ncccc3-c3nc(-c4cccc(C)c4)no3)CC2)cc1. The highest BCUT2D eigenvalue weighted by Gasteiger charge is 2.23. The molecular weight excluding hydrogens is 402 g/mol. The van der Waals surface area contributed by atoms with Crippen molar-refractivity contribution in [1.82, 2.24) is 15.1 Å². The summed E-state index contributed by atoms with van der Waals surface area (Å²) in [7, 11) is 1.69. The first-order chi connectivity index (χ1) is 15.7. The molecular formula is C25H25N5O2. The van der Waals surface area contributed by atoms with Crippen LogP contribution >= 0.6 is 0 Å². The molecule has 2 aromatic carbocycles. The Labute approximate surface area is 187 Å². The first kappa shape index (κ1) is 20.1. The number of methoxy groups -OCH3 is 1. The molecule has 2 aromatic heterocycles. The number of aryl methyl sites for hydroxylation is 1. The summed E-state index contributed by atoms with van der Waals surface area (Å²) in [5, 5.41) is 4.21. The number of hydrogen-bond acceptors (Lipinski definition) is 7. The standard InChI is InChI=1S/C25H25N5O2/c1-18-5-3-6-19(17-18)23-27-25(32-28-23)22-7-4-12-26-24(22)30-15-13-29(14-16-30)20-8-10-21(31-2)11-9-20/h3-12,17H,13-16H2,1-2H3. The molecule has 0 unspecified atom stereocenters. The molecule has 7 heteroatoms. The second-order valence-electron chi connectivity index (χ2n) is 7.84. The van der Waals surface area contributed by atoms with Gasteiger partial charge < -0.3 is 19.1 Å². The third kappa shape index (κ3) is 4.01. The lowest BCUT2D eigenvalue weighted by molar-refractivity contribution is 0.415. The van der Waals surface area contributed by atoms with E-state index in [2.05, 4.69) is 56.1 Å². The van der Waals surface area contributed by atoms with Gasteiger partial charge in [0.05, 0.1) is 12.7 Å². The molecule has 162 valence electrons. The van der Waals surface area contributed by atoms with Gasteiger partial charge in [0.2, 0.25) is 5.82 Å². The Balaban J connectivity index is 1.34. The molecule has 0 spiro atoms. The van der Waals surface area contributed by atoms with Gasteiger partial charge in [-0.05, 0) is 49.4 Å². The van der Waals surface area contributed by atoms with Crippen LogP contribution in [0.4, 0.5) is 11.5 Å². The van der Waals surface area contributed by atoms with Crippen molar-refractivity contribution >= 4 is 11.5 Å². The molecule has 3 heterocycles. The second kappa shape index (κ2) is 8.70. The maximum Gasteiger partial charge on any atom is 0.261 e. The zero-order valence-electron chi connectivity index (χ0n) is 18.2. The summed E-state index contributed by atoms with van der Waals surface area (Å²) >= 11 is 0.